The predicted octanol–water partition coefficient (Wildman–Crippen LogP) is 3.22. The molecule has 0 aromatic carbocycles. The lowest BCUT2D eigenvalue weighted by molar-refractivity contribution is 0.0651. The number of hydrogen-bond donors (Lipinski definition) is 0. The highest BCUT2D eigenvalue weighted by atomic mass is 79.9. The van der Waals surface area contributed by atoms with E-state index in [-0.39, 0.29) is 0 Å². The third-order valence-electron chi connectivity index (χ3n) is 2.69. The lowest BCUT2D eigenvalue weighted by Crippen LogP contribution is -2.28. The minimum absolute atomic E-state index is 0.497. The summed E-state index contributed by atoms with van der Waals surface area (Å²) < 4.78 is 5.66. The molecule has 0 aromatic heterocycles. The summed E-state index contributed by atoms with van der Waals surface area (Å²) in [7, 11) is 0. The van der Waals surface area contributed by atoms with Crippen LogP contribution in [0.15, 0.2) is 0 Å². The first-order chi connectivity index (χ1) is 5.63. The van der Waals surface area contributed by atoms with E-state index in [4.69, 9.17) is 4.74 Å². The Hall–Kier alpha value is 0.440. The van der Waals surface area contributed by atoms with Crippen molar-refractivity contribution in [2.45, 2.75) is 44.5 Å². The van der Waals surface area contributed by atoms with E-state index in [0.717, 1.165) is 6.61 Å². The molecule has 0 radical (unpaired) electrons. The van der Waals surface area contributed by atoms with Gasteiger partial charge in [-0.3, -0.25) is 0 Å². The van der Waals surface area contributed by atoms with Crippen molar-refractivity contribution < 1.29 is 4.74 Å². The van der Waals surface area contributed by atoms with Crippen molar-refractivity contribution in [2.24, 2.45) is 11.8 Å². The maximum atomic E-state index is 5.66. The summed E-state index contributed by atoms with van der Waals surface area (Å²) in [5.74, 6) is 1.34. The quantitative estimate of drug-likeness (QED) is 0.682. The Balaban J connectivity index is 2.39. The van der Waals surface area contributed by atoms with E-state index in [0.29, 0.717) is 22.8 Å². The Morgan fingerprint density at radius 2 is 2.00 bits per heavy atom. The predicted molar refractivity (Wildman–Crippen MR) is 55.7 cm³/mol. The molecule has 1 fully saturated rings. The van der Waals surface area contributed by atoms with Crippen LogP contribution in [0.4, 0.5) is 0 Å². The van der Waals surface area contributed by atoms with Crippen LogP contribution in [-0.2, 0) is 4.74 Å². The number of rotatable bonds is 3. The number of halogens is 1. The van der Waals surface area contributed by atoms with E-state index in [1.54, 1.807) is 0 Å². The van der Waals surface area contributed by atoms with Crippen molar-refractivity contribution in [3.63, 3.8) is 0 Å². The van der Waals surface area contributed by atoms with Crippen LogP contribution in [0.3, 0.4) is 0 Å². The molecule has 0 spiro atoms. The van der Waals surface area contributed by atoms with Gasteiger partial charge in [0.25, 0.3) is 0 Å². The van der Waals surface area contributed by atoms with E-state index < -0.39 is 0 Å². The van der Waals surface area contributed by atoms with E-state index in [9.17, 15) is 0 Å². The maximum absolute atomic E-state index is 5.66. The van der Waals surface area contributed by atoms with Gasteiger partial charge in [0.05, 0.1) is 6.10 Å². The van der Waals surface area contributed by atoms with Crippen LogP contribution >= 0.6 is 15.9 Å². The molecule has 2 heteroatoms. The van der Waals surface area contributed by atoms with Gasteiger partial charge in [0, 0.05) is 11.4 Å². The fourth-order valence-electron chi connectivity index (χ4n) is 1.83. The molecule has 0 aromatic rings. The van der Waals surface area contributed by atoms with Crippen LogP contribution in [0.25, 0.3) is 0 Å². The van der Waals surface area contributed by atoms with Gasteiger partial charge < -0.3 is 4.74 Å². The summed E-state index contributed by atoms with van der Waals surface area (Å²) in [5.41, 5.74) is 0. The van der Waals surface area contributed by atoms with E-state index in [1.165, 1.54) is 12.8 Å². The van der Waals surface area contributed by atoms with Crippen molar-refractivity contribution in [2.75, 3.05) is 6.61 Å². The number of hydrogen-bond acceptors (Lipinski definition) is 1. The van der Waals surface area contributed by atoms with Crippen LogP contribution in [-0.4, -0.2) is 17.5 Å². The zero-order valence-corrected chi connectivity index (χ0v) is 9.80. The van der Waals surface area contributed by atoms with Crippen molar-refractivity contribution in [3.8, 4) is 0 Å². The molecule has 0 saturated carbocycles. The normalized spacial score (nSPS) is 29.2. The largest absolute Gasteiger partial charge is 0.378 e. The monoisotopic (exact) mass is 234 g/mol. The average molecular weight is 235 g/mol. The fourth-order valence-corrected chi connectivity index (χ4v) is 2.17. The first-order valence-electron chi connectivity index (χ1n) is 4.88. The summed E-state index contributed by atoms with van der Waals surface area (Å²) in [6.45, 7) is 7.76. The molecule has 0 amide bonds. The minimum Gasteiger partial charge on any atom is -0.378 e. The highest BCUT2D eigenvalue weighted by molar-refractivity contribution is 9.09. The smallest absolute Gasteiger partial charge is 0.0612 e. The van der Waals surface area contributed by atoms with Crippen LogP contribution in [0.2, 0.25) is 0 Å². The van der Waals surface area contributed by atoms with Gasteiger partial charge in [-0.2, -0.15) is 0 Å². The molecule has 12 heavy (non-hydrogen) atoms. The molecule has 1 aliphatic heterocycles. The number of alkyl halides is 1. The molecule has 3 atom stereocenters. The Bertz CT molecular complexity index is 128. The topological polar surface area (TPSA) is 9.23 Å². The molecule has 0 bridgehead atoms. The Labute approximate surface area is 84.0 Å². The fraction of sp³-hybridized carbons (Fsp3) is 1.00. The molecule has 1 aliphatic rings. The van der Waals surface area contributed by atoms with Gasteiger partial charge in [0.2, 0.25) is 0 Å². The van der Waals surface area contributed by atoms with E-state index in [2.05, 4.69) is 36.7 Å². The van der Waals surface area contributed by atoms with Gasteiger partial charge in [-0.15, -0.1) is 0 Å². The lowest BCUT2D eigenvalue weighted by atomic mass is 9.92. The minimum atomic E-state index is 0.497. The molecule has 3 unspecified atom stereocenters. The van der Waals surface area contributed by atoms with Gasteiger partial charge in [-0.05, 0) is 24.7 Å². The van der Waals surface area contributed by atoms with Crippen molar-refractivity contribution in [1.82, 2.24) is 0 Å². The molecule has 0 N–H and O–H groups in total. The summed E-state index contributed by atoms with van der Waals surface area (Å²) in [6.07, 6.45) is 2.99. The zero-order valence-electron chi connectivity index (χ0n) is 8.22. The third kappa shape index (κ3) is 2.46. The van der Waals surface area contributed by atoms with Gasteiger partial charge in [-0.1, -0.05) is 36.7 Å². The summed E-state index contributed by atoms with van der Waals surface area (Å²) in [6, 6.07) is 0. The highest BCUT2D eigenvalue weighted by Crippen LogP contribution is 2.30. The second-order valence-corrected chi connectivity index (χ2v) is 5.16. The SMILES string of the molecule is CC(C)C(Br)C(C)C1CCCO1. The molecule has 1 heterocycles. The molecular formula is C10H19BrO. The van der Waals surface area contributed by atoms with Gasteiger partial charge >= 0.3 is 0 Å². The molecule has 0 aliphatic carbocycles. The van der Waals surface area contributed by atoms with Crippen LogP contribution in [0.1, 0.15) is 33.6 Å². The Kier molecular flexibility index (Phi) is 4.04. The van der Waals surface area contributed by atoms with Crippen molar-refractivity contribution in [1.29, 1.82) is 0 Å². The molecular weight excluding hydrogens is 216 g/mol. The lowest BCUT2D eigenvalue weighted by Gasteiger charge is -2.26. The first-order valence-corrected chi connectivity index (χ1v) is 5.80. The summed E-state index contributed by atoms with van der Waals surface area (Å²) in [5, 5.41) is 0. The molecule has 1 rings (SSSR count). The average Bonchev–Trinajstić information content (AvgIpc) is 2.53. The van der Waals surface area contributed by atoms with E-state index >= 15 is 0 Å². The van der Waals surface area contributed by atoms with Crippen LogP contribution in [0, 0.1) is 11.8 Å². The Morgan fingerprint density at radius 1 is 1.33 bits per heavy atom. The van der Waals surface area contributed by atoms with Gasteiger partial charge in [0.15, 0.2) is 0 Å². The zero-order chi connectivity index (χ0) is 9.14. The van der Waals surface area contributed by atoms with Crippen molar-refractivity contribution >= 4 is 15.9 Å². The third-order valence-corrected chi connectivity index (χ3v) is 4.58. The second-order valence-electron chi connectivity index (χ2n) is 4.10. The summed E-state index contributed by atoms with van der Waals surface area (Å²) >= 11 is 3.74. The molecule has 72 valence electrons. The second kappa shape index (κ2) is 4.61. The van der Waals surface area contributed by atoms with E-state index in [1.807, 2.05) is 0 Å². The molecule has 1 nitrogen and oxygen atoms in total. The number of ether oxygens (including phenoxy) is 1. The van der Waals surface area contributed by atoms with Crippen LogP contribution < -0.4 is 0 Å². The summed E-state index contributed by atoms with van der Waals surface area (Å²) in [4.78, 5) is 0.598. The van der Waals surface area contributed by atoms with Gasteiger partial charge in [0.1, 0.15) is 0 Å². The van der Waals surface area contributed by atoms with Crippen LogP contribution in [0.5, 0.6) is 0 Å². The molecule has 1 saturated heterocycles. The maximum Gasteiger partial charge on any atom is 0.0612 e. The van der Waals surface area contributed by atoms with Crippen molar-refractivity contribution in [3.05, 3.63) is 0 Å². The standard InChI is InChI=1S/C10H19BrO/c1-7(2)10(11)8(3)9-5-4-6-12-9/h7-10H,4-6H2,1-3H3. The first kappa shape index (κ1) is 10.5. The Morgan fingerprint density at radius 3 is 2.42 bits per heavy atom. The van der Waals surface area contributed by atoms with Gasteiger partial charge in [-0.25, -0.2) is 0 Å². The highest BCUT2D eigenvalue weighted by Gasteiger charge is 2.28.